The van der Waals surface area contributed by atoms with Gasteiger partial charge in [-0.3, -0.25) is 0 Å². The quantitative estimate of drug-likeness (QED) is 0.534. The zero-order valence-corrected chi connectivity index (χ0v) is 11.1. The second-order valence-electron chi connectivity index (χ2n) is 4.14. The summed E-state index contributed by atoms with van der Waals surface area (Å²) < 4.78 is 70.2. The smallest absolute Gasteiger partial charge is 0.419 e. The van der Waals surface area contributed by atoms with Gasteiger partial charge >= 0.3 is 6.18 Å². The van der Waals surface area contributed by atoms with Gasteiger partial charge in [0.05, 0.1) is 5.56 Å². The number of alkyl halides is 4. The summed E-state index contributed by atoms with van der Waals surface area (Å²) in [7, 11) is 0. The fourth-order valence-electron chi connectivity index (χ4n) is 1.64. The maximum absolute atomic E-state index is 13.4. The van der Waals surface area contributed by atoms with Gasteiger partial charge in [-0.1, -0.05) is 6.07 Å². The van der Waals surface area contributed by atoms with E-state index in [4.69, 9.17) is 16.3 Å². The maximum atomic E-state index is 13.4. The Kier molecular flexibility index (Phi) is 4.37. The highest BCUT2D eigenvalue weighted by Crippen LogP contribution is 2.39. The molecule has 0 aromatic heterocycles. The molecule has 2 aromatic carbocycles. The number of ether oxygens (including phenoxy) is 1. The van der Waals surface area contributed by atoms with Crippen molar-refractivity contribution in [2.24, 2.45) is 0 Å². The van der Waals surface area contributed by atoms with E-state index in [1.54, 1.807) is 0 Å². The Balaban J connectivity index is 2.46. The molecule has 0 saturated heterocycles. The molecule has 7 heteroatoms. The topological polar surface area (TPSA) is 9.23 Å². The third-order valence-corrected chi connectivity index (χ3v) is 2.93. The minimum absolute atomic E-state index is 0.113. The molecule has 1 nitrogen and oxygen atoms in total. The standard InChI is InChI=1S/C14H8ClF5O/c15-7-8-1-4-12(10(5-8)14(18,19)20)21-13-6-9(16)2-3-11(13)17/h1-6H,7H2. The average Bonchev–Trinajstić information content (AvgIpc) is 2.42. The van der Waals surface area contributed by atoms with Gasteiger partial charge in [0.1, 0.15) is 11.6 Å². The summed E-state index contributed by atoms with van der Waals surface area (Å²) in [5.41, 5.74) is -0.875. The Labute approximate surface area is 121 Å². The number of benzene rings is 2. The first kappa shape index (κ1) is 15.6. The molecule has 0 unspecified atom stereocenters. The van der Waals surface area contributed by atoms with Gasteiger partial charge in [-0.25, -0.2) is 8.78 Å². The van der Waals surface area contributed by atoms with Crippen LogP contribution in [0.1, 0.15) is 11.1 Å². The lowest BCUT2D eigenvalue weighted by Crippen LogP contribution is -2.08. The SMILES string of the molecule is Fc1ccc(F)c(Oc2ccc(CCl)cc2C(F)(F)F)c1. The average molecular weight is 323 g/mol. The fourth-order valence-corrected chi connectivity index (χ4v) is 1.81. The Morgan fingerprint density at radius 1 is 0.952 bits per heavy atom. The number of hydrogen-bond donors (Lipinski definition) is 0. The highest BCUT2D eigenvalue weighted by molar-refractivity contribution is 6.17. The Morgan fingerprint density at radius 2 is 1.67 bits per heavy atom. The van der Waals surface area contributed by atoms with Gasteiger partial charge in [0.15, 0.2) is 11.6 Å². The van der Waals surface area contributed by atoms with Crippen LogP contribution in [0.15, 0.2) is 36.4 Å². The Hall–Kier alpha value is -1.82. The van der Waals surface area contributed by atoms with Crippen molar-refractivity contribution in [3.8, 4) is 11.5 Å². The molecular formula is C14H8ClF5O. The van der Waals surface area contributed by atoms with E-state index in [2.05, 4.69) is 0 Å². The molecule has 0 N–H and O–H groups in total. The van der Waals surface area contributed by atoms with Crippen molar-refractivity contribution in [2.75, 3.05) is 0 Å². The fraction of sp³-hybridized carbons (Fsp3) is 0.143. The minimum Gasteiger partial charge on any atom is -0.454 e. The van der Waals surface area contributed by atoms with Gasteiger partial charge in [-0.15, -0.1) is 11.6 Å². The molecule has 0 spiro atoms. The zero-order chi connectivity index (χ0) is 15.6. The molecule has 0 heterocycles. The highest BCUT2D eigenvalue weighted by Gasteiger charge is 2.35. The molecule has 2 rings (SSSR count). The molecule has 0 aliphatic heterocycles. The molecule has 0 aliphatic rings. The third-order valence-electron chi connectivity index (χ3n) is 2.62. The van der Waals surface area contributed by atoms with Crippen molar-refractivity contribution in [3.05, 3.63) is 59.2 Å². The van der Waals surface area contributed by atoms with Crippen LogP contribution < -0.4 is 4.74 Å². The van der Waals surface area contributed by atoms with Gasteiger partial charge < -0.3 is 4.74 Å². The lowest BCUT2D eigenvalue weighted by molar-refractivity contribution is -0.138. The first-order valence-electron chi connectivity index (χ1n) is 5.70. The summed E-state index contributed by atoms with van der Waals surface area (Å²) in [4.78, 5) is 0. The van der Waals surface area contributed by atoms with E-state index in [0.717, 1.165) is 24.3 Å². The monoisotopic (exact) mass is 322 g/mol. The Morgan fingerprint density at radius 3 is 2.29 bits per heavy atom. The predicted octanol–water partition coefficient (Wildman–Crippen LogP) is 5.51. The summed E-state index contributed by atoms with van der Waals surface area (Å²) >= 11 is 5.49. The van der Waals surface area contributed by atoms with Gasteiger partial charge in [0.2, 0.25) is 0 Å². The van der Waals surface area contributed by atoms with E-state index >= 15 is 0 Å². The first-order valence-corrected chi connectivity index (χ1v) is 6.23. The molecule has 112 valence electrons. The van der Waals surface area contributed by atoms with Gasteiger partial charge in [0.25, 0.3) is 0 Å². The van der Waals surface area contributed by atoms with Crippen molar-refractivity contribution < 1.29 is 26.7 Å². The zero-order valence-electron chi connectivity index (χ0n) is 10.3. The van der Waals surface area contributed by atoms with Crippen LogP contribution in [0.25, 0.3) is 0 Å². The van der Waals surface area contributed by atoms with E-state index in [0.29, 0.717) is 6.07 Å². The number of hydrogen-bond acceptors (Lipinski definition) is 1. The molecule has 0 amide bonds. The summed E-state index contributed by atoms with van der Waals surface area (Å²) in [5.74, 6) is -3.15. The van der Waals surface area contributed by atoms with Crippen LogP contribution in [-0.2, 0) is 12.1 Å². The number of rotatable bonds is 3. The van der Waals surface area contributed by atoms with Crippen molar-refractivity contribution in [3.63, 3.8) is 0 Å². The maximum Gasteiger partial charge on any atom is 0.419 e. The third kappa shape index (κ3) is 3.64. The van der Waals surface area contributed by atoms with Crippen molar-refractivity contribution in [1.29, 1.82) is 0 Å². The predicted molar refractivity (Wildman–Crippen MR) is 67.4 cm³/mol. The molecular weight excluding hydrogens is 315 g/mol. The normalized spacial score (nSPS) is 11.5. The Bertz CT molecular complexity index is 654. The molecule has 2 aromatic rings. The van der Waals surface area contributed by atoms with E-state index < -0.39 is 34.9 Å². The van der Waals surface area contributed by atoms with Crippen LogP contribution in [0.2, 0.25) is 0 Å². The molecule has 0 saturated carbocycles. The molecule has 0 fully saturated rings. The van der Waals surface area contributed by atoms with Crippen LogP contribution in [0.3, 0.4) is 0 Å². The van der Waals surface area contributed by atoms with Crippen molar-refractivity contribution >= 4 is 11.6 Å². The van der Waals surface area contributed by atoms with Gasteiger partial charge in [-0.05, 0) is 29.8 Å². The van der Waals surface area contributed by atoms with Crippen LogP contribution in [0, 0.1) is 11.6 Å². The molecule has 0 bridgehead atoms. The van der Waals surface area contributed by atoms with Gasteiger partial charge in [-0.2, -0.15) is 13.2 Å². The summed E-state index contributed by atoms with van der Waals surface area (Å²) in [6.45, 7) is 0. The molecule has 21 heavy (non-hydrogen) atoms. The van der Waals surface area contributed by atoms with Crippen LogP contribution >= 0.6 is 11.6 Å². The van der Waals surface area contributed by atoms with E-state index in [9.17, 15) is 22.0 Å². The molecule has 0 aliphatic carbocycles. The second kappa shape index (κ2) is 5.89. The van der Waals surface area contributed by atoms with E-state index in [1.807, 2.05) is 0 Å². The molecule has 0 radical (unpaired) electrons. The lowest BCUT2D eigenvalue weighted by atomic mass is 10.1. The van der Waals surface area contributed by atoms with Crippen molar-refractivity contribution in [1.82, 2.24) is 0 Å². The van der Waals surface area contributed by atoms with E-state index in [1.165, 1.54) is 6.07 Å². The minimum atomic E-state index is -4.71. The van der Waals surface area contributed by atoms with Crippen molar-refractivity contribution in [2.45, 2.75) is 12.1 Å². The lowest BCUT2D eigenvalue weighted by Gasteiger charge is -2.15. The van der Waals surface area contributed by atoms with E-state index in [-0.39, 0.29) is 11.4 Å². The summed E-state index contributed by atoms with van der Waals surface area (Å²) in [5, 5.41) is 0. The van der Waals surface area contributed by atoms with Crippen LogP contribution in [-0.4, -0.2) is 0 Å². The number of halogens is 6. The second-order valence-corrected chi connectivity index (χ2v) is 4.41. The molecule has 0 atom stereocenters. The largest absolute Gasteiger partial charge is 0.454 e. The van der Waals surface area contributed by atoms with Crippen LogP contribution in [0.5, 0.6) is 11.5 Å². The van der Waals surface area contributed by atoms with Crippen LogP contribution in [0.4, 0.5) is 22.0 Å². The first-order chi connectivity index (χ1) is 9.81. The summed E-state index contributed by atoms with van der Waals surface area (Å²) in [6.07, 6.45) is -4.71. The van der Waals surface area contributed by atoms with Gasteiger partial charge in [0, 0.05) is 11.9 Å². The highest BCUT2D eigenvalue weighted by atomic mass is 35.5. The summed E-state index contributed by atoms with van der Waals surface area (Å²) in [6, 6.07) is 5.42.